The number of halogens is 2. The molecule has 6 nitrogen and oxygen atoms in total. The fraction of sp³-hybridized carbons (Fsp3) is 0. The normalized spacial score (nSPS) is 11.2. The Bertz CT molecular complexity index is 739. The lowest BCUT2D eigenvalue weighted by atomic mass is 10.3. The SMILES string of the molecule is NNc1cccnc1S(=O)(=O)Nc1ccc(Br)cc1Cl. The zero-order chi connectivity index (χ0) is 14.8. The predicted molar refractivity (Wildman–Crippen MR) is 82.0 cm³/mol. The summed E-state index contributed by atoms with van der Waals surface area (Å²) in [6.45, 7) is 0. The Labute approximate surface area is 129 Å². The number of anilines is 2. The monoisotopic (exact) mass is 376 g/mol. The van der Waals surface area contributed by atoms with E-state index in [1.54, 1.807) is 24.3 Å². The molecule has 0 spiro atoms. The lowest BCUT2D eigenvalue weighted by Gasteiger charge is -2.11. The minimum atomic E-state index is -3.89. The van der Waals surface area contributed by atoms with Gasteiger partial charge in [0.25, 0.3) is 10.0 Å². The number of nitrogens with zero attached hydrogens (tertiary/aromatic N) is 1. The van der Waals surface area contributed by atoms with Gasteiger partial charge in [-0.15, -0.1) is 0 Å². The number of rotatable bonds is 4. The summed E-state index contributed by atoms with van der Waals surface area (Å²) in [5.41, 5.74) is 2.73. The van der Waals surface area contributed by atoms with Crippen molar-refractivity contribution in [2.75, 3.05) is 10.1 Å². The van der Waals surface area contributed by atoms with Gasteiger partial charge >= 0.3 is 0 Å². The first-order valence-corrected chi connectivity index (χ1v) is 7.99. The highest BCUT2D eigenvalue weighted by Gasteiger charge is 2.21. The highest BCUT2D eigenvalue weighted by molar-refractivity contribution is 9.10. The third kappa shape index (κ3) is 3.21. The molecule has 1 aromatic carbocycles. The Morgan fingerprint density at radius 2 is 2.00 bits per heavy atom. The van der Waals surface area contributed by atoms with Gasteiger partial charge in [-0.25, -0.2) is 4.98 Å². The fourth-order valence-corrected chi connectivity index (χ4v) is 3.44. The number of hydrazine groups is 1. The van der Waals surface area contributed by atoms with Crippen molar-refractivity contribution in [2.45, 2.75) is 5.03 Å². The number of nitrogens with one attached hydrogen (secondary N) is 2. The van der Waals surface area contributed by atoms with Crippen LogP contribution < -0.4 is 16.0 Å². The molecule has 0 saturated carbocycles. The Kier molecular flexibility index (Phi) is 4.48. The molecule has 106 valence electrons. The zero-order valence-electron chi connectivity index (χ0n) is 9.97. The number of benzene rings is 1. The molecule has 0 saturated heterocycles. The molecule has 20 heavy (non-hydrogen) atoms. The number of nitrogen functional groups attached to an aromatic ring is 1. The van der Waals surface area contributed by atoms with Crippen LogP contribution in [-0.4, -0.2) is 13.4 Å². The Hall–Kier alpha value is -1.35. The van der Waals surface area contributed by atoms with Crippen molar-refractivity contribution in [2.24, 2.45) is 5.84 Å². The van der Waals surface area contributed by atoms with Crippen molar-refractivity contribution >= 4 is 48.9 Å². The van der Waals surface area contributed by atoms with Crippen molar-refractivity contribution in [3.8, 4) is 0 Å². The van der Waals surface area contributed by atoms with Crippen LogP contribution in [0.25, 0.3) is 0 Å². The smallest absolute Gasteiger partial charge is 0.281 e. The van der Waals surface area contributed by atoms with E-state index >= 15 is 0 Å². The summed E-state index contributed by atoms with van der Waals surface area (Å²) in [4.78, 5) is 3.82. The van der Waals surface area contributed by atoms with Crippen LogP contribution >= 0.6 is 27.5 Å². The molecule has 1 aromatic heterocycles. The summed E-state index contributed by atoms with van der Waals surface area (Å²) < 4.78 is 27.7. The molecular weight excluding hydrogens is 368 g/mol. The molecule has 0 aliphatic carbocycles. The second-order valence-corrected chi connectivity index (χ2v) is 6.65. The van der Waals surface area contributed by atoms with E-state index in [1.165, 1.54) is 12.3 Å². The number of pyridine rings is 1. The highest BCUT2D eigenvalue weighted by atomic mass is 79.9. The third-order valence-corrected chi connectivity index (χ3v) is 4.49. The van der Waals surface area contributed by atoms with Gasteiger partial charge in [0.2, 0.25) is 5.03 Å². The summed E-state index contributed by atoms with van der Waals surface area (Å²) >= 11 is 9.22. The van der Waals surface area contributed by atoms with Gasteiger partial charge in [0.1, 0.15) is 0 Å². The quantitative estimate of drug-likeness (QED) is 0.562. The minimum absolute atomic E-state index is 0.188. The van der Waals surface area contributed by atoms with Gasteiger partial charge in [0.15, 0.2) is 0 Å². The third-order valence-electron chi connectivity index (χ3n) is 2.36. The summed E-state index contributed by atoms with van der Waals surface area (Å²) in [6.07, 6.45) is 1.36. The molecule has 2 aromatic rings. The average Bonchev–Trinajstić information content (AvgIpc) is 2.42. The van der Waals surface area contributed by atoms with Crippen LogP contribution in [-0.2, 0) is 10.0 Å². The first kappa shape index (κ1) is 15.0. The van der Waals surface area contributed by atoms with Crippen molar-refractivity contribution in [1.82, 2.24) is 4.98 Å². The molecule has 1 heterocycles. The number of aromatic nitrogens is 1. The molecule has 0 atom stereocenters. The van der Waals surface area contributed by atoms with E-state index in [0.717, 1.165) is 4.47 Å². The van der Waals surface area contributed by atoms with E-state index in [4.69, 9.17) is 17.4 Å². The summed E-state index contributed by atoms with van der Waals surface area (Å²) in [5.74, 6) is 5.28. The summed E-state index contributed by atoms with van der Waals surface area (Å²) in [7, 11) is -3.89. The van der Waals surface area contributed by atoms with Gasteiger partial charge in [-0.05, 0) is 30.3 Å². The van der Waals surface area contributed by atoms with Gasteiger partial charge in [-0.3, -0.25) is 10.6 Å². The number of hydrogen-bond donors (Lipinski definition) is 3. The van der Waals surface area contributed by atoms with Crippen LogP contribution in [0.3, 0.4) is 0 Å². The van der Waals surface area contributed by atoms with Crippen LogP contribution in [0.5, 0.6) is 0 Å². The van der Waals surface area contributed by atoms with Gasteiger partial charge in [-0.1, -0.05) is 27.5 Å². The number of hydrogen-bond acceptors (Lipinski definition) is 5. The highest BCUT2D eigenvalue weighted by Crippen LogP contribution is 2.28. The fourth-order valence-electron chi connectivity index (χ4n) is 1.48. The molecule has 0 amide bonds. The first-order chi connectivity index (χ1) is 9.44. The van der Waals surface area contributed by atoms with Crippen molar-refractivity contribution < 1.29 is 8.42 Å². The second-order valence-electron chi connectivity index (χ2n) is 3.73. The molecular formula is C11H10BrClN4O2S. The van der Waals surface area contributed by atoms with Crippen LogP contribution in [0.2, 0.25) is 5.02 Å². The molecule has 4 N–H and O–H groups in total. The van der Waals surface area contributed by atoms with E-state index in [0.29, 0.717) is 0 Å². The zero-order valence-corrected chi connectivity index (χ0v) is 13.1. The van der Waals surface area contributed by atoms with Crippen molar-refractivity contribution in [3.05, 3.63) is 46.0 Å². The Morgan fingerprint density at radius 1 is 1.25 bits per heavy atom. The van der Waals surface area contributed by atoms with E-state index in [9.17, 15) is 8.42 Å². The van der Waals surface area contributed by atoms with Gasteiger partial charge in [0, 0.05) is 10.7 Å². The molecule has 0 aliphatic rings. The molecule has 9 heteroatoms. The summed E-state index contributed by atoms with van der Waals surface area (Å²) in [5, 5.41) is 0.0580. The standard InChI is InChI=1S/C11H10BrClN4O2S/c12-7-3-4-9(8(13)6-7)17-20(18,19)11-10(16-14)2-1-5-15-11/h1-6,16-17H,14H2. The second kappa shape index (κ2) is 5.96. The maximum absolute atomic E-state index is 12.3. The molecule has 0 bridgehead atoms. The van der Waals surface area contributed by atoms with E-state index in [-0.39, 0.29) is 21.4 Å². The topological polar surface area (TPSA) is 97.1 Å². The molecule has 0 aliphatic heterocycles. The number of nitrogens with two attached hydrogens (primary N) is 1. The predicted octanol–water partition coefficient (Wildman–Crippen LogP) is 2.58. The molecule has 2 rings (SSSR count). The molecule has 0 unspecified atom stereocenters. The van der Waals surface area contributed by atoms with Crippen LogP contribution in [0.15, 0.2) is 46.0 Å². The van der Waals surface area contributed by atoms with Crippen LogP contribution in [0.1, 0.15) is 0 Å². The average molecular weight is 378 g/mol. The van der Waals surface area contributed by atoms with E-state index in [2.05, 4.69) is 31.1 Å². The first-order valence-electron chi connectivity index (χ1n) is 5.33. The largest absolute Gasteiger partial charge is 0.321 e. The molecule has 0 fully saturated rings. The Morgan fingerprint density at radius 3 is 2.65 bits per heavy atom. The van der Waals surface area contributed by atoms with E-state index in [1.807, 2.05) is 0 Å². The summed E-state index contributed by atoms with van der Waals surface area (Å²) in [6, 6.07) is 7.87. The van der Waals surface area contributed by atoms with Crippen molar-refractivity contribution in [1.29, 1.82) is 0 Å². The maximum Gasteiger partial charge on any atom is 0.281 e. The van der Waals surface area contributed by atoms with Gasteiger partial charge < -0.3 is 5.43 Å². The van der Waals surface area contributed by atoms with Gasteiger partial charge in [-0.2, -0.15) is 8.42 Å². The van der Waals surface area contributed by atoms with Gasteiger partial charge in [0.05, 0.1) is 16.4 Å². The minimum Gasteiger partial charge on any atom is -0.321 e. The van der Waals surface area contributed by atoms with Crippen molar-refractivity contribution in [3.63, 3.8) is 0 Å². The lowest BCUT2D eigenvalue weighted by molar-refractivity contribution is 0.598. The number of sulfonamides is 1. The van der Waals surface area contributed by atoms with Crippen LogP contribution in [0, 0.1) is 0 Å². The van der Waals surface area contributed by atoms with Crippen LogP contribution in [0.4, 0.5) is 11.4 Å². The van der Waals surface area contributed by atoms with E-state index < -0.39 is 10.0 Å². The lowest BCUT2D eigenvalue weighted by Crippen LogP contribution is -2.19. The maximum atomic E-state index is 12.3. The Balaban J connectivity index is 2.41. The molecule has 0 radical (unpaired) electrons.